The number of aromatic nitrogens is 1. The van der Waals surface area contributed by atoms with E-state index in [1.165, 1.54) is 43.2 Å². The molecule has 5 heteroatoms. The Bertz CT molecular complexity index is 1300. The van der Waals surface area contributed by atoms with Crippen LogP contribution in [0.1, 0.15) is 75.3 Å². The van der Waals surface area contributed by atoms with E-state index in [4.69, 9.17) is 9.15 Å². The van der Waals surface area contributed by atoms with Crippen LogP contribution in [0.3, 0.4) is 0 Å². The number of nitrogens with one attached hydrogen (secondary N) is 1. The van der Waals surface area contributed by atoms with E-state index in [9.17, 15) is 4.79 Å². The monoisotopic (exact) mass is 482 g/mol. The number of hydrogen-bond acceptors (Lipinski definition) is 4. The average Bonchev–Trinajstić information content (AvgIpc) is 3.36. The van der Waals surface area contributed by atoms with Crippen LogP contribution in [0, 0.1) is 0 Å². The minimum Gasteiger partial charge on any atom is -0.484 e. The van der Waals surface area contributed by atoms with Crippen molar-refractivity contribution in [2.45, 2.75) is 64.2 Å². The summed E-state index contributed by atoms with van der Waals surface area (Å²) in [4.78, 5) is 17.1. The summed E-state index contributed by atoms with van der Waals surface area (Å²) < 4.78 is 11.7. The minimum absolute atomic E-state index is 0.0336. The van der Waals surface area contributed by atoms with Crippen LogP contribution in [0.25, 0.3) is 22.6 Å². The molecule has 1 atom stereocenters. The van der Waals surface area contributed by atoms with Gasteiger partial charge in [-0.15, -0.1) is 0 Å². The molecule has 5 nitrogen and oxygen atoms in total. The van der Waals surface area contributed by atoms with Crippen molar-refractivity contribution in [2.75, 3.05) is 11.9 Å². The first-order chi connectivity index (χ1) is 17.6. The lowest BCUT2D eigenvalue weighted by Gasteiger charge is -2.22. The fraction of sp³-hybridized carbons (Fsp3) is 0.355. The van der Waals surface area contributed by atoms with Gasteiger partial charge >= 0.3 is 0 Å². The summed E-state index contributed by atoms with van der Waals surface area (Å²) in [7, 11) is 0. The first kappa shape index (κ1) is 24.1. The standard InChI is InChI=1S/C31H34N2O3/c1-3-21(2)25-13-18-29-28(19-25)33-31(36-29)24-9-14-26(15-10-24)32-30(34)20-35-27-16-11-23(12-17-27)22-7-5-4-6-8-22/h9-19,21-22H,3-8,20H2,1-2H3,(H,32,34)/t21-/m0/s1. The van der Waals surface area contributed by atoms with E-state index in [2.05, 4.69) is 48.4 Å². The number of benzene rings is 3. The Hall–Kier alpha value is -3.60. The van der Waals surface area contributed by atoms with Gasteiger partial charge in [-0.25, -0.2) is 4.98 Å². The summed E-state index contributed by atoms with van der Waals surface area (Å²) in [5, 5.41) is 2.89. The van der Waals surface area contributed by atoms with Crippen molar-refractivity contribution >= 4 is 22.7 Å². The maximum absolute atomic E-state index is 12.4. The van der Waals surface area contributed by atoms with Gasteiger partial charge in [-0.1, -0.05) is 51.3 Å². The lowest BCUT2D eigenvalue weighted by atomic mass is 9.84. The molecule has 1 amide bonds. The predicted octanol–water partition coefficient (Wildman–Crippen LogP) is 8.07. The van der Waals surface area contributed by atoms with E-state index >= 15 is 0 Å². The van der Waals surface area contributed by atoms with Crippen LogP contribution in [0.2, 0.25) is 0 Å². The second-order valence-electron chi connectivity index (χ2n) is 9.87. The van der Waals surface area contributed by atoms with Crippen LogP contribution in [0.5, 0.6) is 5.75 Å². The zero-order chi connectivity index (χ0) is 24.9. The molecule has 1 N–H and O–H groups in total. The van der Waals surface area contributed by atoms with Crippen LogP contribution in [0.4, 0.5) is 5.69 Å². The van der Waals surface area contributed by atoms with E-state index in [-0.39, 0.29) is 12.5 Å². The highest BCUT2D eigenvalue weighted by Gasteiger charge is 2.15. The summed E-state index contributed by atoms with van der Waals surface area (Å²) in [5.41, 5.74) is 5.85. The van der Waals surface area contributed by atoms with Crippen molar-refractivity contribution < 1.29 is 13.9 Å². The number of rotatable bonds is 8. The minimum atomic E-state index is -0.196. The van der Waals surface area contributed by atoms with Crippen LogP contribution in [-0.2, 0) is 4.79 Å². The van der Waals surface area contributed by atoms with Crippen LogP contribution in [-0.4, -0.2) is 17.5 Å². The number of anilines is 1. The fourth-order valence-corrected chi connectivity index (χ4v) is 4.92. The van der Waals surface area contributed by atoms with E-state index in [1.807, 2.05) is 42.5 Å². The Kier molecular flexibility index (Phi) is 7.36. The van der Waals surface area contributed by atoms with Gasteiger partial charge in [0.1, 0.15) is 11.3 Å². The van der Waals surface area contributed by atoms with Gasteiger partial charge in [0.2, 0.25) is 5.89 Å². The molecule has 1 fully saturated rings. The molecule has 1 heterocycles. The molecule has 0 unspecified atom stereocenters. The van der Waals surface area contributed by atoms with Crippen LogP contribution < -0.4 is 10.1 Å². The third-order valence-corrected chi connectivity index (χ3v) is 7.34. The van der Waals surface area contributed by atoms with Gasteiger partial charge in [-0.05, 0) is 90.8 Å². The molecular formula is C31H34N2O3. The summed E-state index contributed by atoms with van der Waals surface area (Å²) in [6.07, 6.45) is 7.61. The molecule has 0 saturated heterocycles. The van der Waals surface area contributed by atoms with Gasteiger partial charge in [0, 0.05) is 11.3 Å². The maximum atomic E-state index is 12.4. The summed E-state index contributed by atoms with van der Waals surface area (Å²) in [6.45, 7) is 4.37. The molecular weight excluding hydrogens is 448 g/mol. The second kappa shape index (κ2) is 11.0. The molecule has 186 valence electrons. The van der Waals surface area contributed by atoms with Crippen molar-refractivity contribution in [3.8, 4) is 17.2 Å². The Labute approximate surface area is 212 Å². The molecule has 1 saturated carbocycles. The molecule has 1 aliphatic rings. The van der Waals surface area contributed by atoms with Gasteiger partial charge in [-0.2, -0.15) is 0 Å². The molecule has 5 rings (SSSR count). The lowest BCUT2D eigenvalue weighted by Crippen LogP contribution is -2.20. The van der Waals surface area contributed by atoms with Crippen molar-refractivity contribution in [3.63, 3.8) is 0 Å². The Morgan fingerprint density at radius 2 is 1.78 bits per heavy atom. The summed E-state index contributed by atoms with van der Waals surface area (Å²) in [5.74, 6) is 2.24. The Morgan fingerprint density at radius 1 is 1.03 bits per heavy atom. The highest BCUT2D eigenvalue weighted by molar-refractivity contribution is 5.92. The van der Waals surface area contributed by atoms with Gasteiger partial charge < -0.3 is 14.5 Å². The van der Waals surface area contributed by atoms with Crippen molar-refractivity contribution in [2.24, 2.45) is 0 Å². The number of hydrogen-bond donors (Lipinski definition) is 1. The normalized spacial score (nSPS) is 15.1. The van der Waals surface area contributed by atoms with E-state index in [0.717, 1.165) is 23.1 Å². The molecule has 4 aromatic rings. The van der Waals surface area contributed by atoms with Gasteiger partial charge in [0.25, 0.3) is 5.91 Å². The molecule has 0 bridgehead atoms. The van der Waals surface area contributed by atoms with Gasteiger partial charge in [-0.3, -0.25) is 4.79 Å². The first-order valence-electron chi connectivity index (χ1n) is 13.1. The molecule has 1 aromatic heterocycles. The van der Waals surface area contributed by atoms with Crippen LogP contribution in [0.15, 0.2) is 71.1 Å². The average molecular weight is 483 g/mol. The number of amides is 1. The number of nitrogens with zero attached hydrogens (tertiary/aromatic N) is 1. The smallest absolute Gasteiger partial charge is 0.262 e. The number of oxazole rings is 1. The highest BCUT2D eigenvalue weighted by atomic mass is 16.5. The lowest BCUT2D eigenvalue weighted by molar-refractivity contribution is -0.118. The number of fused-ring (bicyclic) bond motifs is 1. The SMILES string of the molecule is CC[C@H](C)c1ccc2oc(-c3ccc(NC(=O)COc4ccc(C5CCCCC5)cc4)cc3)nc2c1. The van der Waals surface area contributed by atoms with Gasteiger partial charge in [0.15, 0.2) is 12.2 Å². The first-order valence-corrected chi connectivity index (χ1v) is 13.1. The molecule has 1 aliphatic carbocycles. The molecule has 0 aliphatic heterocycles. The number of carbonyl (C=O) groups is 1. The Balaban J connectivity index is 1.16. The third-order valence-electron chi connectivity index (χ3n) is 7.34. The zero-order valence-corrected chi connectivity index (χ0v) is 21.1. The van der Waals surface area contributed by atoms with E-state index < -0.39 is 0 Å². The van der Waals surface area contributed by atoms with Gasteiger partial charge in [0.05, 0.1) is 0 Å². The zero-order valence-electron chi connectivity index (χ0n) is 21.1. The van der Waals surface area contributed by atoms with Crippen molar-refractivity contribution in [1.29, 1.82) is 0 Å². The summed E-state index contributed by atoms with van der Waals surface area (Å²) >= 11 is 0. The van der Waals surface area contributed by atoms with E-state index in [0.29, 0.717) is 29.2 Å². The van der Waals surface area contributed by atoms with Crippen LogP contribution >= 0.6 is 0 Å². The van der Waals surface area contributed by atoms with Crippen molar-refractivity contribution in [1.82, 2.24) is 4.98 Å². The number of carbonyl (C=O) groups excluding carboxylic acids is 1. The predicted molar refractivity (Wildman–Crippen MR) is 145 cm³/mol. The number of ether oxygens (including phenoxy) is 1. The fourth-order valence-electron chi connectivity index (χ4n) is 4.92. The quantitative estimate of drug-likeness (QED) is 0.276. The molecule has 3 aromatic carbocycles. The topological polar surface area (TPSA) is 64.4 Å². The second-order valence-corrected chi connectivity index (χ2v) is 9.87. The van der Waals surface area contributed by atoms with Crippen molar-refractivity contribution in [3.05, 3.63) is 77.9 Å². The maximum Gasteiger partial charge on any atom is 0.262 e. The highest BCUT2D eigenvalue weighted by Crippen LogP contribution is 2.33. The Morgan fingerprint density at radius 3 is 2.50 bits per heavy atom. The largest absolute Gasteiger partial charge is 0.484 e. The molecule has 36 heavy (non-hydrogen) atoms. The molecule has 0 spiro atoms. The summed E-state index contributed by atoms with van der Waals surface area (Å²) in [6, 6.07) is 21.9. The third kappa shape index (κ3) is 5.62. The van der Waals surface area contributed by atoms with E-state index in [1.54, 1.807) is 0 Å². The molecule has 0 radical (unpaired) electrons.